The zero-order chi connectivity index (χ0) is 13.4. The number of hydrogen-bond donors (Lipinski definition) is 2. The Bertz CT molecular complexity index is 562. The van der Waals surface area contributed by atoms with Crippen molar-refractivity contribution in [3.8, 4) is 0 Å². The second-order valence-electron chi connectivity index (χ2n) is 4.62. The molecule has 1 aliphatic rings. The topological polar surface area (TPSA) is 72.2 Å². The largest absolute Gasteiger partial charge is 0.324 e. The van der Waals surface area contributed by atoms with Gasteiger partial charge in [0.25, 0.3) is 0 Å². The SMILES string of the molecule is Cl.NC1(CNS(=O)(=O)c2cc(Cl)ccc2F)CCC1. The lowest BCUT2D eigenvalue weighted by molar-refractivity contribution is 0.251. The minimum Gasteiger partial charge on any atom is -0.324 e. The number of sulfonamides is 1. The molecule has 0 aliphatic heterocycles. The molecule has 2 rings (SSSR count). The molecule has 8 heteroatoms. The summed E-state index contributed by atoms with van der Waals surface area (Å²) >= 11 is 5.67. The minimum atomic E-state index is -3.91. The van der Waals surface area contributed by atoms with E-state index in [1.54, 1.807) is 0 Å². The molecule has 0 bridgehead atoms. The van der Waals surface area contributed by atoms with Crippen molar-refractivity contribution in [3.05, 3.63) is 29.0 Å². The van der Waals surface area contributed by atoms with Gasteiger partial charge in [0.15, 0.2) is 0 Å². The lowest BCUT2D eigenvalue weighted by Crippen LogP contribution is -2.54. The summed E-state index contributed by atoms with van der Waals surface area (Å²) in [6.07, 6.45) is 2.53. The van der Waals surface area contributed by atoms with E-state index in [1.807, 2.05) is 0 Å². The smallest absolute Gasteiger partial charge is 0.243 e. The minimum absolute atomic E-state index is 0. The van der Waals surface area contributed by atoms with Gasteiger partial charge in [-0.2, -0.15) is 0 Å². The normalized spacial score (nSPS) is 17.4. The molecule has 0 heterocycles. The Balaban J connectivity index is 0.00000180. The van der Waals surface area contributed by atoms with E-state index in [4.69, 9.17) is 17.3 Å². The van der Waals surface area contributed by atoms with Gasteiger partial charge in [-0.05, 0) is 37.5 Å². The summed E-state index contributed by atoms with van der Waals surface area (Å²) in [6, 6.07) is 3.41. The summed E-state index contributed by atoms with van der Waals surface area (Å²) in [5.41, 5.74) is 5.41. The first-order valence-corrected chi connectivity index (χ1v) is 7.42. The van der Waals surface area contributed by atoms with Crippen LogP contribution in [0.5, 0.6) is 0 Å². The van der Waals surface area contributed by atoms with Crippen molar-refractivity contribution in [1.29, 1.82) is 0 Å². The van der Waals surface area contributed by atoms with E-state index in [-0.39, 0.29) is 24.0 Å². The molecule has 0 saturated heterocycles. The van der Waals surface area contributed by atoms with Crippen LogP contribution in [0.4, 0.5) is 4.39 Å². The van der Waals surface area contributed by atoms with Crippen LogP contribution in [-0.2, 0) is 10.0 Å². The van der Waals surface area contributed by atoms with E-state index < -0.39 is 26.3 Å². The Kier molecular flexibility index (Phi) is 5.20. The van der Waals surface area contributed by atoms with Crippen LogP contribution < -0.4 is 10.5 Å². The monoisotopic (exact) mass is 328 g/mol. The van der Waals surface area contributed by atoms with Gasteiger partial charge >= 0.3 is 0 Å². The molecular formula is C11H15Cl2FN2O2S. The van der Waals surface area contributed by atoms with Crippen molar-refractivity contribution in [2.45, 2.75) is 29.7 Å². The van der Waals surface area contributed by atoms with Gasteiger partial charge in [0.1, 0.15) is 10.7 Å². The van der Waals surface area contributed by atoms with Gasteiger partial charge in [-0.3, -0.25) is 0 Å². The number of halogens is 3. The van der Waals surface area contributed by atoms with Crippen LogP contribution in [0, 0.1) is 5.82 Å². The van der Waals surface area contributed by atoms with E-state index in [9.17, 15) is 12.8 Å². The third-order valence-corrected chi connectivity index (χ3v) is 4.80. The van der Waals surface area contributed by atoms with Crippen molar-refractivity contribution >= 4 is 34.0 Å². The average molecular weight is 329 g/mol. The summed E-state index contributed by atoms with van der Waals surface area (Å²) in [5, 5.41) is 0.169. The second kappa shape index (κ2) is 5.93. The summed E-state index contributed by atoms with van der Waals surface area (Å²) < 4.78 is 39.7. The van der Waals surface area contributed by atoms with E-state index in [1.165, 1.54) is 6.07 Å². The molecule has 1 aromatic carbocycles. The molecule has 0 spiro atoms. The lowest BCUT2D eigenvalue weighted by atomic mass is 9.78. The van der Waals surface area contributed by atoms with Gasteiger partial charge < -0.3 is 5.73 Å². The maximum atomic E-state index is 13.5. The maximum absolute atomic E-state index is 13.5. The highest BCUT2D eigenvalue weighted by Gasteiger charge is 2.34. The predicted octanol–water partition coefficient (Wildman–Crippen LogP) is 2.06. The van der Waals surface area contributed by atoms with Crippen molar-refractivity contribution in [3.63, 3.8) is 0 Å². The van der Waals surface area contributed by atoms with Gasteiger partial charge in [-0.15, -0.1) is 12.4 Å². The fourth-order valence-electron chi connectivity index (χ4n) is 1.81. The number of benzene rings is 1. The highest BCUT2D eigenvalue weighted by molar-refractivity contribution is 7.89. The molecule has 1 fully saturated rings. The van der Waals surface area contributed by atoms with Crippen molar-refractivity contribution in [2.75, 3.05) is 6.54 Å². The molecule has 0 unspecified atom stereocenters. The summed E-state index contributed by atoms with van der Waals surface area (Å²) in [7, 11) is -3.91. The summed E-state index contributed by atoms with van der Waals surface area (Å²) in [4.78, 5) is -0.446. The van der Waals surface area contributed by atoms with Gasteiger partial charge in [0.2, 0.25) is 10.0 Å². The molecule has 0 amide bonds. The van der Waals surface area contributed by atoms with E-state index in [2.05, 4.69) is 4.72 Å². The van der Waals surface area contributed by atoms with Crippen LogP contribution >= 0.6 is 24.0 Å². The average Bonchev–Trinajstić information content (AvgIpc) is 2.27. The molecule has 0 radical (unpaired) electrons. The van der Waals surface area contributed by atoms with Gasteiger partial charge in [0.05, 0.1) is 0 Å². The third-order valence-electron chi connectivity index (χ3n) is 3.15. The molecule has 0 aromatic heterocycles. The van der Waals surface area contributed by atoms with E-state index in [0.717, 1.165) is 31.4 Å². The van der Waals surface area contributed by atoms with Crippen molar-refractivity contribution in [1.82, 2.24) is 4.72 Å². The molecule has 0 atom stereocenters. The van der Waals surface area contributed by atoms with Crippen LogP contribution in [0.15, 0.2) is 23.1 Å². The van der Waals surface area contributed by atoms with Gasteiger partial charge in [-0.1, -0.05) is 11.6 Å². The molecule has 108 valence electrons. The van der Waals surface area contributed by atoms with Crippen molar-refractivity contribution in [2.24, 2.45) is 5.73 Å². The molecule has 4 nitrogen and oxygen atoms in total. The van der Waals surface area contributed by atoms with Crippen molar-refractivity contribution < 1.29 is 12.8 Å². The maximum Gasteiger partial charge on any atom is 0.243 e. The molecule has 1 aromatic rings. The Morgan fingerprint density at radius 1 is 1.42 bits per heavy atom. The fraction of sp³-hybridized carbons (Fsp3) is 0.455. The zero-order valence-electron chi connectivity index (χ0n) is 10.0. The van der Waals surface area contributed by atoms with Crippen LogP contribution in [0.3, 0.4) is 0 Å². The number of nitrogens with two attached hydrogens (primary N) is 1. The predicted molar refractivity (Wildman–Crippen MR) is 74.6 cm³/mol. The summed E-state index contributed by atoms with van der Waals surface area (Å²) in [6.45, 7) is 0.112. The van der Waals surface area contributed by atoms with Crippen LogP contribution in [0.1, 0.15) is 19.3 Å². The number of hydrogen-bond acceptors (Lipinski definition) is 3. The first kappa shape index (κ1) is 16.7. The molecular weight excluding hydrogens is 314 g/mol. The van der Waals surface area contributed by atoms with Crippen LogP contribution in [0.2, 0.25) is 5.02 Å². The van der Waals surface area contributed by atoms with E-state index in [0.29, 0.717) is 0 Å². The Morgan fingerprint density at radius 2 is 2.05 bits per heavy atom. The molecule has 3 N–H and O–H groups in total. The summed E-state index contributed by atoms with van der Waals surface area (Å²) in [5.74, 6) is -0.827. The van der Waals surface area contributed by atoms with Crippen LogP contribution in [-0.4, -0.2) is 20.5 Å². The third kappa shape index (κ3) is 3.79. The number of rotatable bonds is 4. The first-order chi connectivity index (χ1) is 8.32. The Morgan fingerprint density at radius 3 is 2.58 bits per heavy atom. The quantitative estimate of drug-likeness (QED) is 0.888. The van der Waals surface area contributed by atoms with Crippen LogP contribution in [0.25, 0.3) is 0 Å². The molecule has 1 saturated carbocycles. The highest BCUT2D eigenvalue weighted by atomic mass is 35.5. The Labute approximate surface area is 123 Å². The number of nitrogens with one attached hydrogen (secondary N) is 1. The first-order valence-electron chi connectivity index (χ1n) is 5.56. The zero-order valence-corrected chi connectivity index (χ0v) is 12.4. The van der Waals surface area contributed by atoms with E-state index >= 15 is 0 Å². The second-order valence-corrected chi connectivity index (χ2v) is 6.79. The van der Waals surface area contributed by atoms with Gasteiger partial charge in [-0.25, -0.2) is 17.5 Å². The standard InChI is InChI=1S/C11H14ClFN2O2S.ClH/c12-8-2-3-9(13)10(6-8)18(16,17)15-7-11(14)4-1-5-11;/h2-3,6,15H,1,4-5,7,14H2;1H. The van der Waals surface area contributed by atoms with Gasteiger partial charge in [0, 0.05) is 17.1 Å². The Hall–Kier alpha value is -0.400. The lowest BCUT2D eigenvalue weighted by Gasteiger charge is -2.38. The fourth-order valence-corrected chi connectivity index (χ4v) is 3.28. The molecule has 19 heavy (non-hydrogen) atoms. The molecule has 1 aliphatic carbocycles. The highest BCUT2D eigenvalue weighted by Crippen LogP contribution is 2.29.